The second-order valence-electron chi connectivity index (χ2n) is 4.51. The Morgan fingerprint density at radius 3 is 1.88 bits per heavy atom. The number of hydrogen-bond donors (Lipinski definition) is 0. The summed E-state index contributed by atoms with van der Waals surface area (Å²) in [6.45, 7) is 6.50. The Morgan fingerprint density at radius 2 is 1.69 bits per heavy atom. The number of carbonyl (C=O) groups excluding carboxylic acids is 1. The average molecular weight is 221 g/mol. The molecule has 2 heteroatoms. The van der Waals surface area contributed by atoms with Crippen molar-refractivity contribution in [3.05, 3.63) is 35.9 Å². The molecule has 1 rings (SSSR count). The third-order valence-electron chi connectivity index (χ3n) is 2.06. The van der Waals surface area contributed by atoms with E-state index < -0.39 is 0 Å². The molecular weight excluding hydrogens is 198 g/mol. The zero-order chi connectivity index (χ0) is 12.6. The average Bonchev–Trinajstić information content (AvgIpc) is 2.18. The number of hydrogen-bond acceptors (Lipinski definition) is 2. The summed E-state index contributed by atoms with van der Waals surface area (Å²) in [5, 5.41) is 0. The lowest BCUT2D eigenvalue weighted by molar-refractivity contribution is -0.122. The molecule has 1 aromatic rings. The molecule has 0 spiro atoms. The van der Waals surface area contributed by atoms with Crippen molar-refractivity contribution in [2.24, 2.45) is 5.92 Å². The maximum Gasteiger partial charge on any atom is 0.149 e. The van der Waals surface area contributed by atoms with Crippen LogP contribution in [0.15, 0.2) is 30.3 Å². The Bertz CT molecular complexity index is 291. The van der Waals surface area contributed by atoms with E-state index in [9.17, 15) is 4.79 Å². The Labute approximate surface area is 99.3 Å². The fourth-order valence-corrected chi connectivity index (χ4v) is 1.03. The van der Waals surface area contributed by atoms with Crippen LogP contribution in [0.2, 0.25) is 0 Å². The molecule has 0 saturated heterocycles. The van der Waals surface area contributed by atoms with E-state index in [1.54, 1.807) is 0 Å². The summed E-state index contributed by atoms with van der Waals surface area (Å²) in [5.41, 5.74) is 1.32. The molecule has 0 radical (unpaired) electrons. The molecule has 0 aliphatic rings. The minimum atomic E-state index is 0.174. The molecule has 1 aromatic carbocycles. The summed E-state index contributed by atoms with van der Waals surface area (Å²) in [5.74, 6) is 0.479. The third kappa shape index (κ3) is 8.18. The van der Waals surface area contributed by atoms with E-state index in [0.717, 1.165) is 0 Å². The molecule has 0 amide bonds. The van der Waals surface area contributed by atoms with Crippen molar-refractivity contribution < 1.29 is 4.79 Å². The molecule has 0 aromatic heterocycles. The van der Waals surface area contributed by atoms with Crippen molar-refractivity contribution in [2.75, 3.05) is 20.6 Å². The summed E-state index contributed by atoms with van der Waals surface area (Å²) >= 11 is 0. The van der Waals surface area contributed by atoms with E-state index in [0.29, 0.717) is 12.3 Å². The normalized spacial score (nSPS) is 9.94. The lowest BCUT2D eigenvalue weighted by Gasteiger charge is -2.09. The number of aryl methyl sites for hydroxylation is 1. The first kappa shape index (κ1) is 14.8. The van der Waals surface area contributed by atoms with Crippen molar-refractivity contribution in [2.45, 2.75) is 20.8 Å². The summed E-state index contributed by atoms with van der Waals surface area (Å²) in [7, 11) is 3.81. The van der Waals surface area contributed by atoms with Crippen LogP contribution < -0.4 is 0 Å². The highest BCUT2D eigenvalue weighted by molar-refractivity contribution is 5.82. The van der Waals surface area contributed by atoms with Crippen LogP contribution in [0.25, 0.3) is 0 Å². The van der Waals surface area contributed by atoms with Crippen molar-refractivity contribution in [1.82, 2.24) is 4.90 Å². The van der Waals surface area contributed by atoms with Gasteiger partial charge in [0.05, 0.1) is 6.54 Å². The molecule has 16 heavy (non-hydrogen) atoms. The standard InChI is InChI=1S/C7H15NO.C7H8/c1-6(2)7(9)5-8(3)4;1-7-5-3-2-4-6-7/h6H,5H2,1-4H3;2-6H,1H3. The van der Waals surface area contributed by atoms with E-state index in [4.69, 9.17) is 0 Å². The van der Waals surface area contributed by atoms with Gasteiger partial charge in [0, 0.05) is 5.92 Å². The molecule has 0 fully saturated rings. The van der Waals surface area contributed by atoms with Gasteiger partial charge < -0.3 is 4.90 Å². The fraction of sp³-hybridized carbons (Fsp3) is 0.500. The number of likely N-dealkylation sites (N-methyl/N-ethyl adjacent to an activating group) is 1. The van der Waals surface area contributed by atoms with Crippen LogP contribution in [0.3, 0.4) is 0 Å². The van der Waals surface area contributed by atoms with Gasteiger partial charge in [0.25, 0.3) is 0 Å². The molecule has 0 saturated carbocycles. The molecule has 90 valence electrons. The Morgan fingerprint density at radius 1 is 1.19 bits per heavy atom. The van der Waals surface area contributed by atoms with Crippen molar-refractivity contribution >= 4 is 5.78 Å². The molecule has 0 atom stereocenters. The predicted molar refractivity (Wildman–Crippen MR) is 69.6 cm³/mol. The van der Waals surface area contributed by atoms with Gasteiger partial charge in [-0.3, -0.25) is 4.79 Å². The van der Waals surface area contributed by atoms with Crippen LogP contribution in [0.5, 0.6) is 0 Å². The fourth-order valence-electron chi connectivity index (χ4n) is 1.03. The summed E-state index contributed by atoms with van der Waals surface area (Å²) < 4.78 is 0. The quantitative estimate of drug-likeness (QED) is 0.782. The van der Waals surface area contributed by atoms with E-state index in [1.807, 2.05) is 51.0 Å². The number of nitrogens with zero attached hydrogens (tertiary/aromatic N) is 1. The molecular formula is C14H23NO. The van der Waals surface area contributed by atoms with E-state index in [-0.39, 0.29) is 5.92 Å². The minimum absolute atomic E-state index is 0.174. The van der Waals surface area contributed by atoms with Gasteiger partial charge in [0.2, 0.25) is 0 Å². The number of carbonyl (C=O) groups is 1. The number of Topliss-reactive ketones (excluding diaryl/α,β-unsaturated/α-hetero) is 1. The highest BCUT2D eigenvalue weighted by atomic mass is 16.1. The second-order valence-corrected chi connectivity index (χ2v) is 4.51. The van der Waals surface area contributed by atoms with Crippen molar-refractivity contribution in [3.63, 3.8) is 0 Å². The third-order valence-corrected chi connectivity index (χ3v) is 2.06. The van der Waals surface area contributed by atoms with Gasteiger partial charge in [0.15, 0.2) is 0 Å². The van der Waals surface area contributed by atoms with Crippen LogP contribution in [-0.4, -0.2) is 31.3 Å². The number of ketones is 1. The van der Waals surface area contributed by atoms with Gasteiger partial charge in [-0.1, -0.05) is 49.7 Å². The monoisotopic (exact) mass is 221 g/mol. The maximum absolute atomic E-state index is 10.9. The maximum atomic E-state index is 10.9. The van der Waals surface area contributed by atoms with Gasteiger partial charge in [0.1, 0.15) is 5.78 Å². The van der Waals surface area contributed by atoms with E-state index in [2.05, 4.69) is 19.1 Å². The first-order chi connectivity index (χ1) is 7.43. The van der Waals surface area contributed by atoms with Gasteiger partial charge >= 0.3 is 0 Å². The molecule has 0 unspecified atom stereocenters. The lowest BCUT2D eigenvalue weighted by atomic mass is 10.1. The zero-order valence-electron chi connectivity index (χ0n) is 11.0. The largest absolute Gasteiger partial charge is 0.302 e. The SMILES string of the molecule is CC(C)C(=O)CN(C)C.Cc1ccccc1. The number of rotatable bonds is 3. The van der Waals surface area contributed by atoms with Crippen LogP contribution in [0.1, 0.15) is 19.4 Å². The topological polar surface area (TPSA) is 20.3 Å². The number of benzene rings is 1. The molecule has 0 heterocycles. The van der Waals surface area contributed by atoms with Gasteiger partial charge in [-0.25, -0.2) is 0 Å². The summed E-state index contributed by atoms with van der Waals surface area (Å²) in [4.78, 5) is 12.8. The van der Waals surface area contributed by atoms with Crippen LogP contribution >= 0.6 is 0 Å². The van der Waals surface area contributed by atoms with Gasteiger partial charge in [-0.05, 0) is 21.0 Å². The minimum Gasteiger partial charge on any atom is -0.302 e. The predicted octanol–water partition coefficient (Wildman–Crippen LogP) is 2.77. The Balaban J connectivity index is 0.000000288. The van der Waals surface area contributed by atoms with E-state index in [1.165, 1.54) is 5.56 Å². The van der Waals surface area contributed by atoms with Gasteiger partial charge in [-0.2, -0.15) is 0 Å². The molecule has 0 bridgehead atoms. The lowest BCUT2D eigenvalue weighted by Crippen LogP contribution is -2.24. The summed E-state index contributed by atoms with van der Waals surface area (Å²) in [6, 6.07) is 10.3. The van der Waals surface area contributed by atoms with Crippen LogP contribution in [-0.2, 0) is 4.79 Å². The first-order valence-corrected chi connectivity index (χ1v) is 5.62. The summed E-state index contributed by atoms with van der Waals surface area (Å²) in [6.07, 6.45) is 0. The Hall–Kier alpha value is -1.15. The molecule has 0 aliphatic carbocycles. The highest BCUT2D eigenvalue weighted by Gasteiger charge is 2.06. The molecule has 0 N–H and O–H groups in total. The Kier molecular flexibility index (Phi) is 7.48. The van der Waals surface area contributed by atoms with E-state index >= 15 is 0 Å². The van der Waals surface area contributed by atoms with Crippen molar-refractivity contribution in [1.29, 1.82) is 0 Å². The van der Waals surface area contributed by atoms with Crippen LogP contribution in [0.4, 0.5) is 0 Å². The highest BCUT2D eigenvalue weighted by Crippen LogP contribution is 1.94. The van der Waals surface area contributed by atoms with Crippen molar-refractivity contribution in [3.8, 4) is 0 Å². The molecule has 2 nitrogen and oxygen atoms in total. The smallest absolute Gasteiger partial charge is 0.149 e. The molecule has 0 aliphatic heterocycles. The van der Waals surface area contributed by atoms with Crippen LogP contribution in [0, 0.1) is 12.8 Å². The van der Waals surface area contributed by atoms with Gasteiger partial charge in [-0.15, -0.1) is 0 Å². The second kappa shape index (κ2) is 8.05. The zero-order valence-corrected chi connectivity index (χ0v) is 11.0. The first-order valence-electron chi connectivity index (χ1n) is 5.62.